The van der Waals surface area contributed by atoms with E-state index in [2.05, 4.69) is 0 Å². The monoisotopic (exact) mass is 243 g/mol. The summed E-state index contributed by atoms with van der Waals surface area (Å²) >= 11 is 0. The molecule has 0 aromatic heterocycles. The lowest BCUT2D eigenvalue weighted by Gasteiger charge is -2.22. The van der Waals surface area contributed by atoms with Crippen molar-refractivity contribution in [2.45, 2.75) is 6.42 Å². The van der Waals surface area contributed by atoms with Gasteiger partial charge in [0.15, 0.2) is 11.6 Å². The molecule has 0 spiro atoms. The van der Waals surface area contributed by atoms with Crippen molar-refractivity contribution in [3.8, 4) is 0 Å². The smallest absolute Gasteiger partial charge is 0.184 e. The molecular weight excluding hydrogens is 224 g/mol. The maximum Gasteiger partial charge on any atom is 0.184 e. The quantitative estimate of drug-likeness (QED) is 0.802. The predicted molar refractivity (Wildman–Crippen MR) is 67.2 cm³/mol. The number of nitrogens with two attached hydrogens (primary N) is 1. The Morgan fingerprint density at radius 3 is 2.35 bits per heavy atom. The van der Waals surface area contributed by atoms with Crippen LogP contribution in [-0.4, -0.2) is 39.1 Å². The van der Waals surface area contributed by atoms with Crippen LogP contribution in [0.5, 0.6) is 0 Å². The summed E-state index contributed by atoms with van der Waals surface area (Å²) in [6.45, 7) is 1.52. The van der Waals surface area contributed by atoms with Gasteiger partial charge in [0.1, 0.15) is 0 Å². The molecule has 96 valence electrons. The Kier molecular flexibility index (Phi) is 4.69. The first-order valence-corrected chi connectivity index (χ1v) is 5.53. The molecule has 17 heavy (non-hydrogen) atoms. The molecule has 0 aliphatic carbocycles. The fourth-order valence-corrected chi connectivity index (χ4v) is 1.68. The van der Waals surface area contributed by atoms with Crippen LogP contribution in [0, 0.1) is 11.6 Å². The van der Waals surface area contributed by atoms with Crippen molar-refractivity contribution in [1.29, 1.82) is 0 Å². The van der Waals surface area contributed by atoms with Crippen LogP contribution >= 0.6 is 0 Å². The fraction of sp³-hybridized carbons (Fsp3) is 0.500. The molecular formula is C12H19F2N3. The maximum atomic E-state index is 13.6. The van der Waals surface area contributed by atoms with Gasteiger partial charge in [0.25, 0.3) is 0 Å². The number of rotatable bonds is 5. The summed E-state index contributed by atoms with van der Waals surface area (Å²) in [7, 11) is 5.65. The van der Waals surface area contributed by atoms with Gasteiger partial charge in [-0.2, -0.15) is 0 Å². The van der Waals surface area contributed by atoms with E-state index >= 15 is 0 Å². The summed E-state index contributed by atoms with van der Waals surface area (Å²) in [5.41, 5.74) is 6.07. The van der Waals surface area contributed by atoms with Crippen molar-refractivity contribution in [2.75, 3.05) is 44.9 Å². The minimum Gasteiger partial charge on any atom is -0.397 e. The van der Waals surface area contributed by atoms with Crippen molar-refractivity contribution in [3.63, 3.8) is 0 Å². The number of nitrogens with zero attached hydrogens (tertiary/aromatic N) is 2. The zero-order valence-corrected chi connectivity index (χ0v) is 10.5. The Hall–Kier alpha value is -1.36. The molecule has 1 rings (SSSR count). The van der Waals surface area contributed by atoms with E-state index in [1.54, 1.807) is 11.9 Å². The molecule has 0 aliphatic heterocycles. The average Bonchev–Trinajstić information content (AvgIpc) is 2.23. The summed E-state index contributed by atoms with van der Waals surface area (Å²) < 4.78 is 26.7. The van der Waals surface area contributed by atoms with Crippen LogP contribution in [0.3, 0.4) is 0 Å². The highest BCUT2D eigenvalue weighted by Gasteiger charge is 2.15. The number of hydrogen-bond acceptors (Lipinski definition) is 3. The van der Waals surface area contributed by atoms with Gasteiger partial charge < -0.3 is 15.5 Å². The van der Waals surface area contributed by atoms with E-state index in [4.69, 9.17) is 5.73 Å². The summed E-state index contributed by atoms with van der Waals surface area (Å²) in [6, 6.07) is 2.43. The van der Waals surface area contributed by atoms with E-state index in [9.17, 15) is 8.78 Å². The van der Waals surface area contributed by atoms with E-state index in [1.165, 1.54) is 6.07 Å². The average molecular weight is 243 g/mol. The Balaban J connectivity index is 2.74. The summed E-state index contributed by atoms with van der Waals surface area (Å²) in [5.74, 6) is -1.74. The third-order valence-corrected chi connectivity index (χ3v) is 2.58. The van der Waals surface area contributed by atoms with Gasteiger partial charge >= 0.3 is 0 Å². The van der Waals surface area contributed by atoms with Crippen LogP contribution in [0.1, 0.15) is 6.42 Å². The number of hydrogen-bond donors (Lipinski definition) is 1. The molecule has 3 nitrogen and oxygen atoms in total. The number of anilines is 2. The summed E-state index contributed by atoms with van der Waals surface area (Å²) in [5, 5.41) is 0. The van der Waals surface area contributed by atoms with Crippen molar-refractivity contribution >= 4 is 11.4 Å². The molecule has 0 heterocycles. The van der Waals surface area contributed by atoms with E-state index in [0.717, 1.165) is 19.0 Å². The first kappa shape index (κ1) is 13.7. The SMILES string of the molecule is CN(C)CCCN(C)c1c(N)ccc(F)c1F. The van der Waals surface area contributed by atoms with Crippen LogP contribution < -0.4 is 10.6 Å². The molecule has 0 aliphatic rings. The largest absolute Gasteiger partial charge is 0.397 e. The molecule has 2 N–H and O–H groups in total. The second-order valence-electron chi connectivity index (χ2n) is 4.38. The predicted octanol–water partition coefficient (Wildman–Crippen LogP) is 1.93. The standard InChI is InChI=1S/C12H19F2N3/c1-16(2)7-4-8-17(3)12-10(15)6-5-9(13)11(12)14/h5-6H,4,7-8,15H2,1-3H3. The van der Waals surface area contributed by atoms with Crippen molar-refractivity contribution in [1.82, 2.24) is 4.90 Å². The van der Waals surface area contributed by atoms with E-state index in [1.807, 2.05) is 19.0 Å². The molecule has 0 radical (unpaired) electrons. The van der Waals surface area contributed by atoms with Crippen LogP contribution in [0.25, 0.3) is 0 Å². The highest BCUT2D eigenvalue weighted by atomic mass is 19.2. The molecule has 0 atom stereocenters. The van der Waals surface area contributed by atoms with Gasteiger partial charge in [-0.15, -0.1) is 0 Å². The van der Waals surface area contributed by atoms with Crippen LogP contribution in [0.2, 0.25) is 0 Å². The number of benzene rings is 1. The Morgan fingerprint density at radius 2 is 1.76 bits per heavy atom. The van der Waals surface area contributed by atoms with Gasteiger partial charge in [-0.05, 0) is 39.2 Å². The van der Waals surface area contributed by atoms with Crippen molar-refractivity contribution in [3.05, 3.63) is 23.8 Å². The van der Waals surface area contributed by atoms with Crippen LogP contribution in [0.4, 0.5) is 20.2 Å². The van der Waals surface area contributed by atoms with E-state index in [-0.39, 0.29) is 11.4 Å². The van der Waals surface area contributed by atoms with Gasteiger partial charge in [-0.25, -0.2) is 8.78 Å². The van der Waals surface area contributed by atoms with Gasteiger partial charge in [0.05, 0.1) is 11.4 Å². The third kappa shape index (κ3) is 3.56. The molecule has 0 fully saturated rings. The van der Waals surface area contributed by atoms with Gasteiger partial charge in [0.2, 0.25) is 0 Å². The minimum absolute atomic E-state index is 0.142. The summed E-state index contributed by atoms with van der Waals surface area (Å²) in [4.78, 5) is 3.69. The fourth-order valence-electron chi connectivity index (χ4n) is 1.68. The van der Waals surface area contributed by atoms with Crippen molar-refractivity contribution < 1.29 is 8.78 Å². The lowest BCUT2D eigenvalue weighted by atomic mass is 10.2. The number of halogens is 2. The molecule has 0 saturated carbocycles. The molecule has 0 bridgehead atoms. The summed E-state index contributed by atoms with van der Waals surface area (Å²) in [6.07, 6.45) is 0.860. The first-order chi connectivity index (χ1) is 7.93. The Labute approximate surface area is 101 Å². The second kappa shape index (κ2) is 5.82. The Bertz CT molecular complexity index is 380. The molecule has 1 aromatic carbocycles. The van der Waals surface area contributed by atoms with E-state index in [0.29, 0.717) is 6.54 Å². The van der Waals surface area contributed by atoms with E-state index < -0.39 is 11.6 Å². The molecule has 1 aromatic rings. The van der Waals surface area contributed by atoms with Crippen LogP contribution in [-0.2, 0) is 0 Å². The maximum absolute atomic E-state index is 13.6. The molecule has 5 heteroatoms. The first-order valence-electron chi connectivity index (χ1n) is 5.53. The zero-order chi connectivity index (χ0) is 13.0. The number of nitrogen functional groups attached to an aromatic ring is 1. The topological polar surface area (TPSA) is 32.5 Å². The normalized spacial score (nSPS) is 10.9. The molecule has 0 unspecified atom stereocenters. The van der Waals surface area contributed by atoms with Crippen LogP contribution in [0.15, 0.2) is 12.1 Å². The second-order valence-corrected chi connectivity index (χ2v) is 4.38. The van der Waals surface area contributed by atoms with Gasteiger partial charge in [-0.3, -0.25) is 0 Å². The highest BCUT2D eigenvalue weighted by Crippen LogP contribution is 2.27. The molecule has 0 amide bonds. The van der Waals surface area contributed by atoms with Gasteiger partial charge in [0, 0.05) is 13.6 Å². The molecule has 0 saturated heterocycles. The highest BCUT2D eigenvalue weighted by molar-refractivity contribution is 5.68. The third-order valence-electron chi connectivity index (χ3n) is 2.58. The lowest BCUT2D eigenvalue weighted by molar-refractivity contribution is 0.401. The zero-order valence-electron chi connectivity index (χ0n) is 10.5. The van der Waals surface area contributed by atoms with Gasteiger partial charge in [-0.1, -0.05) is 0 Å². The Morgan fingerprint density at radius 1 is 1.12 bits per heavy atom. The minimum atomic E-state index is -0.877. The lowest BCUT2D eigenvalue weighted by Crippen LogP contribution is -2.25. The van der Waals surface area contributed by atoms with Crippen molar-refractivity contribution in [2.24, 2.45) is 0 Å².